The molecule has 0 spiro atoms. The Morgan fingerprint density at radius 1 is 0.370 bits per heavy atom. The zero-order chi connectivity index (χ0) is 30.5. The molecule has 2 heteroatoms. The first-order valence-corrected chi connectivity index (χ1v) is 15.7. The molecular weight excluding hydrogens is 558 g/mol. The molecule has 0 N–H and O–H groups in total. The Bertz CT molecular complexity index is 2540. The fraction of sp³-hybridized carbons (Fsp3) is 0. The molecule has 0 unspecified atom stereocenters. The third kappa shape index (κ3) is 4.43. The minimum absolute atomic E-state index is 0.874. The van der Waals surface area contributed by atoms with E-state index in [9.17, 15) is 0 Å². The number of anilines is 3. The second-order valence-electron chi connectivity index (χ2n) is 11.8. The molecule has 0 saturated carbocycles. The first kappa shape index (κ1) is 26.3. The van der Waals surface area contributed by atoms with Crippen molar-refractivity contribution in [2.45, 2.75) is 0 Å². The van der Waals surface area contributed by atoms with Crippen molar-refractivity contribution in [3.63, 3.8) is 0 Å². The lowest BCUT2D eigenvalue weighted by atomic mass is 9.99. The van der Waals surface area contributed by atoms with E-state index in [1.165, 1.54) is 38.4 Å². The van der Waals surface area contributed by atoms with Crippen LogP contribution in [0.15, 0.2) is 180 Å². The summed E-state index contributed by atoms with van der Waals surface area (Å²) in [5.74, 6) is 0. The maximum atomic E-state index is 6.63. The molecule has 1 heterocycles. The van der Waals surface area contributed by atoms with Crippen LogP contribution in [-0.4, -0.2) is 0 Å². The van der Waals surface area contributed by atoms with Crippen LogP contribution in [0.5, 0.6) is 0 Å². The van der Waals surface area contributed by atoms with Gasteiger partial charge in [0.25, 0.3) is 0 Å². The Morgan fingerprint density at radius 3 is 1.78 bits per heavy atom. The average molecular weight is 588 g/mol. The lowest BCUT2D eigenvalue weighted by Gasteiger charge is -2.27. The van der Waals surface area contributed by atoms with Gasteiger partial charge >= 0.3 is 0 Å². The van der Waals surface area contributed by atoms with Crippen LogP contribution in [0.25, 0.3) is 65.7 Å². The minimum Gasteiger partial charge on any atom is -0.455 e. The van der Waals surface area contributed by atoms with Gasteiger partial charge in [0, 0.05) is 22.1 Å². The molecule has 0 saturated heterocycles. The number of nitrogens with zero attached hydrogens (tertiary/aromatic N) is 1. The Kier molecular flexibility index (Phi) is 6.17. The second-order valence-corrected chi connectivity index (χ2v) is 11.8. The summed E-state index contributed by atoms with van der Waals surface area (Å²) in [7, 11) is 0. The molecule has 9 rings (SSSR count). The van der Waals surface area contributed by atoms with E-state index in [0.717, 1.165) is 44.4 Å². The molecule has 0 bridgehead atoms. The van der Waals surface area contributed by atoms with Gasteiger partial charge in [-0.3, -0.25) is 0 Å². The SMILES string of the molecule is c1ccc(-c2cccc(N(c3cccc(-c4ccc5ccccc5c4)c3)c3cccc4oc5c6ccccc6ccc5c34)c2)cc1. The van der Waals surface area contributed by atoms with E-state index < -0.39 is 0 Å². The highest BCUT2D eigenvalue weighted by Gasteiger charge is 2.21. The first-order chi connectivity index (χ1) is 22.8. The quantitative estimate of drug-likeness (QED) is 0.199. The predicted molar refractivity (Wildman–Crippen MR) is 194 cm³/mol. The normalized spacial score (nSPS) is 11.5. The van der Waals surface area contributed by atoms with E-state index in [1.54, 1.807) is 0 Å². The number of hydrogen-bond donors (Lipinski definition) is 0. The fourth-order valence-corrected chi connectivity index (χ4v) is 6.80. The van der Waals surface area contributed by atoms with Crippen molar-refractivity contribution in [2.24, 2.45) is 0 Å². The molecule has 0 amide bonds. The van der Waals surface area contributed by atoms with E-state index >= 15 is 0 Å². The van der Waals surface area contributed by atoms with Crippen molar-refractivity contribution in [3.8, 4) is 22.3 Å². The van der Waals surface area contributed by atoms with E-state index in [-0.39, 0.29) is 0 Å². The van der Waals surface area contributed by atoms with Crippen molar-refractivity contribution in [2.75, 3.05) is 4.90 Å². The summed E-state index contributed by atoms with van der Waals surface area (Å²) in [6.07, 6.45) is 0. The topological polar surface area (TPSA) is 16.4 Å². The van der Waals surface area contributed by atoms with E-state index in [1.807, 2.05) is 0 Å². The maximum absolute atomic E-state index is 6.63. The monoisotopic (exact) mass is 587 g/mol. The van der Waals surface area contributed by atoms with Gasteiger partial charge in [-0.25, -0.2) is 0 Å². The smallest absolute Gasteiger partial charge is 0.143 e. The van der Waals surface area contributed by atoms with Crippen LogP contribution in [-0.2, 0) is 0 Å². The number of rotatable bonds is 5. The number of furan rings is 1. The summed E-state index contributed by atoms with van der Waals surface area (Å²) in [6.45, 7) is 0. The van der Waals surface area contributed by atoms with Gasteiger partial charge in [-0.15, -0.1) is 0 Å². The number of fused-ring (bicyclic) bond motifs is 6. The number of benzene rings is 8. The van der Waals surface area contributed by atoms with Gasteiger partial charge in [0.05, 0.1) is 11.1 Å². The predicted octanol–water partition coefficient (Wildman–Crippen LogP) is 12.7. The lowest BCUT2D eigenvalue weighted by Crippen LogP contribution is -2.10. The molecule has 0 fully saturated rings. The molecule has 0 atom stereocenters. The molecule has 216 valence electrons. The van der Waals surface area contributed by atoms with Crippen LogP contribution in [0.4, 0.5) is 17.1 Å². The van der Waals surface area contributed by atoms with Crippen molar-refractivity contribution in [1.29, 1.82) is 0 Å². The van der Waals surface area contributed by atoms with Gasteiger partial charge < -0.3 is 9.32 Å². The molecule has 2 nitrogen and oxygen atoms in total. The largest absolute Gasteiger partial charge is 0.455 e. The minimum atomic E-state index is 0.874. The van der Waals surface area contributed by atoms with Gasteiger partial charge in [-0.2, -0.15) is 0 Å². The summed E-state index contributed by atoms with van der Waals surface area (Å²) in [6, 6.07) is 62.8. The fourth-order valence-electron chi connectivity index (χ4n) is 6.80. The standard InChI is InChI=1S/C44H29NO/c1-2-11-30(12-3-1)34-16-8-18-37(28-34)45(38-19-9-17-35(29-38)36-24-23-31-13-4-5-15-33(31)27-36)41-21-10-22-42-43(41)40-26-25-32-14-6-7-20-39(32)44(40)46-42/h1-29H. The molecule has 0 aliphatic heterocycles. The summed E-state index contributed by atoms with van der Waals surface area (Å²) in [5, 5.41) is 6.99. The van der Waals surface area contributed by atoms with Crippen LogP contribution in [0.2, 0.25) is 0 Å². The Labute approximate surface area is 267 Å². The maximum Gasteiger partial charge on any atom is 0.143 e. The van der Waals surface area contributed by atoms with Gasteiger partial charge in [-0.05, 0) is 86.9 Å². The Hall–Kier alpha value is -6.12. The highest BCUT2D eigenvalue weighted by Crippen LogP contribution is 2.45. The summed E-state index contributed by atoms with van der Waals surface area (Å²) >= 11 is 0. The Morgan fingerprint density at radius 2 is 0.978 bits per heavy atom. The average Bonchev–Trinajstić information content (AvgIpc) is 3.52. The molecule has 1 aromatic heterocycles. The summed E-state index contributed by atoms with van der Waals surface area (Å²) < 4.78 is 6.63. The zero-order valence-corrected chi connectivity index (χ0v) is 25.1. The van der Waals surface area contributed by atoms with Gasteiger partial charge in [0.2, 0.25) is 0 Å². The molecule has 9 aromatic rings. The highest BCUT2D eigenvalue weighted by atomic mass is 16.3. The van der Waals surface area contributed by atoms with Gasteiger partial charge in [0.1, 0.15) is 11.2 Å². The third-order valence-corrected chi connectivity index (χ3v) is 9.00. The molecule has 46 heavy (non-hydrogen) atoms. The summed E-state index contributed by atoms with van der Waals surface area (Å²) in [4.78, 5) is 2.38. The first-order valence-electron chi connectivity index (χ1n) is 15.7. The summed E-state index contributed by atoms with van der Waals surface area (Å²) in [5.41, 5.74) is 9.75. The zero-order valence-electron chi connectivity index (χ0n) is 25.1. The van der Waals surface area contributed by atoms with Crippen molar-refractivity contribution in [3.05, 3.63) is 176 Å². The van der Waals surface area contributed by atoms with Crippen LogP contribution in [0, 0.1) is 0 Å². The van der Waals surface area contributed by atoms with E-state index in [0.29, 0.717) is 0 Å². The van der Waals surface area contributed by atoms with Crippen LogP contribution in [0.3, 0.4) is 0 Å². The van der Waals surface area contributed by atoms with E-state index in [4.69, 9.17) is 4.42 Å². The number of hydrogen-bond acceptors (Lipinski definition) is 2. The molecular formula is C44H29NO. The van der Waals surface area contributed by atoms with Crippen LogP contribution >= 0.6 is 0 Å². The van der Waals surface area contributed by atoms with Crippen LogP contribution in [0.1, 0.15) is 0 Å². The highest BCUT2D eigenvalue weighted by molar-refractivity contribution is 6.19. The molecule has 0 aliphatic rings. The lowest BCUT2D eigenvalue weighted by molar-refractivity contribution is 0.672. The van der Waals surface area contributed by atoms with E-state index in [2.05, 4.69) is 181 Å². The third-order valence-electron chi connectivity index (χ3n) is 9.00. The molecule has 0 aliphatic carbocycles. The molecule has 0 radical (unpaired) electrons. The van der Waals surface area contributed by atoms with Crippen molar-refractivity contribution in [1.82, 2.24) is 0 Å². The van der Waals surface area contributed by atoms with Crippen molar-refractivity contribution >= 4 is 60.5 Å². The van der Waals surface area contributed by atoms with Gasteiger partial charge in [-0.1, -0.05) is 127 Å². The van der Waals surface area contributed by atoms with Crippen molar-refractivity contribution < 1.29 is 4.42 Å². The molecule has 8 aromatic carbocycles. The van der Waals surface area contributed by atoms with Gasteiger partial charge in [0.15, 0.2) is 0 Å². The Balaban J connectivity index is 1.29. The van der Waals surface area contributed by atoms with Crippen LogP contribution < -0.4 is 4.90 Å². The second kappa shape index (κ2) is 10.8.